The number of hydrogen-bond donors (Lipinski definition) is 1. The molecule has 0 aliphatic carbocycles. The Morgan fingerprint density at radius 3 is 2.13 bits per heavy atom. The Kier molecular flexibility index (Phi) is 7.96. The van der Waals surface area contributed by atoms with Gasteiger partial charge in [-0.3, -0.25) is 10.1 Å². The summed E-state index contributed by atoms with van der Waals surface area (Å²) in [6, 6.07) is 7.67. The Morgan fingerprint density at radius 1 is 0.933 bits per heavy atom. The van der Waals surface area contributed by atoms with E-state index >= 15 is 0 Å². The fraction of sp³-hybridized carbons (Fsp3) is 0.333. The smallest absolute Gasteiger partial charge is 0.0880 e. The summed E-state index contributed by atoms with van der Waals surface area (Å²) in [5.74, 6) is 0. The zero-order valence-corrected chi connectivity index (χ0v) is 9.86. The fourth-order valence-corrected chi connectivity index (χ4v) is 0.921. The average molecular weight is 205 g/mol. The van der Waals surface area contributed by atoms with Crippen LogP contribution in [0, 0.1) is 0 Å². The molecule has 0 amide bonds. The average Bonchev–Trinajstić information content (AvgIpc) is 2.89. The number of aromatic amines is 1. The molecule has 82 valence electrons. The Balaban J connectivity index is 0.000000442. The lowest BCUT2D eigenvalue weighted by Gasteiger charge is -1.92. The third-order valence-electron chi connectivity index (χ3n) is 1.44. The summed E-state index contributed by atoms with van der Waals surface area (Å²) in [4.78, 5) is 4.15. The van der Waals surface area contributed by atoms with Gasteiger partial charge in [-0.25, -0.2) is 0 Å². The van der Waals surface area contributed by atoms with Gasteiger partial charge in [-0.2, -0.15) is 5.10 Å². The molecule has 2 heterocycles. The van der Waals surface area contributed by atoms with E-state index < -0.39 is 0 Å². The second-order valence-corrected chi connectivity index (χ2v) is 2.19. The monoisotopic (exact) mass is 205 g/mol. The molecule has 0 atom stereocenters. The van der Waals surface area contributed by atoms with Crippen molar-refractivity contribution in [3.05, 3.63) is 36.7 Å². The molecular formula is C12H19N3. The first-order valence-corrected chi connectivity index (χ1v) is 5.37. The fourth-order valence-electron chi connectivity index (χ4n) is 0.921. The summed E-state index contributed by atoms with van der Waals surface area (Å²) in [6.45, 7) is 8.00. The van der Waals surface area contributed by atoms with Gasteiger partial charge in [0.05, 0.1) is 11.4 Å². The Morgan fingerprint density at radius 2 is 1.67 bits per heavy atom. The van der Waals surface area contributed by atoms with Crippen molar-refractivity contribution in [2.45, 2.75) is 27.7 Å². The van der Waals surface area contributed by atoms with E-state index in [1.807, 2.05) is 52.0 Å². The third-order valence-corrected chi connectivity index (χ3v) is 1.44. The minimum Gasteiger partial charge on any atom is -0.276 e. The second-order valence-electron chi connectivity index (χ2n) is 2.19. The lowest BCUT2D eigenvalue weighted by molar-refractivity contribution is 1.09. The standard InChI is InChI=1S/C8H7N3.2C2H6/c1-2-5-9-7(3-1)8-4-6-10-11-8;2*1-2/h1-6H,(H,10,11);2*1-2H3. The molecule has 0 unspecified atom stereocenters. The number of H-pyrrole nitrogens is 1. The highest BCUT2D eigenvalue weighted by Gasteiger charge is 1.95. The molecule has 1 N–H and O–H groups in total. The number of nitrogens with zero attached hydrogens (tertiary/aromatic N) is 2. The number of nitrogens with one attached hydrogen (secondary N) is 1. The predicted octanol–water partition coefficient (Wildman–Crippen LogP) is 3.52. The van der Waals surface area contributed by atoms with E-state index in [1.54, 1.807) is 12.4 Å². The van der Waals surface area contributed by atoms with Crippen LogP contribution < -0.4 is 0 Å². The van der Waals surface area contributed by atoms with Crippen LogP contribution in [0.3, 0.4) is 0 Å². The summed E-state index contributed by atoms with van der Waals surface area (Å²) < 4.78 is 0. The molecule has 2 aromatic rings. The van der Waals surface area contributed by atoms with Gasteiger partial charge in [0.15, 0.2) is 0 Å². The second kappa shape index (κ2) is 8.94. The number of pyridine rings is 1. The zero-order chi connectivity index (χ0) is 11.5. The summed E-state index contributed by atoms with van der Waals surface area (Å²) in [5, 5.41) is 6.67. The van der Waals surface area contributed by atoms with Gasteiger partial charge >= 0.3 is 0 Å². The highest BCUT2D eigenvalue weighted by Crippen LogP contribution is 2.10. The largest absolute Gasteiger partial charge is 0.276 e. The van der Waals surface area contributed by atoms with Gasteiger partial charge in [-0.05, 0) is 18.2 Å². The van der Waals surface area contributed by atoms with Crippen molar-refractivity contribution >= 4 is 0 Å². The predicted molar refractivity (Wildman–Crippen MR) is 64.5 cm³/mol. The Labute approximate surface area is 91.6 Å². The number of rotatable bonds is 1. The highest BCUT2D eigenvalue weighted by atomic mass is 15.1. The van der Waals surface area contributed by atoms with Gasteiger partial charge in [0, 0.05) is 12.4 Å². The first-order valence-electron chi connectivity index (χ1n) is 5.37. The van der Waals surface area contributed by atoms with Crippen LogP contribution in [-0.2, 0) is 0 Å². The van der Waals surface area contributed by atoms with Gasteiger partial charge in [-0.1, -0.05) is 33.8 Å². The van der Waals surface area contributed by atoms with Crippen molar-refractivity contribution in [2.75, 3.05) is 0 Å². The van der Waals surface area contributed by atoms with Gasteiger partial charge < -0.3 is 0 Å². The van der Waals surface area contributed by atoms with Crippen molar-refractivity contribution in [3.63, 3.8) is 0 Å². The molecule has 0 bridgehead atoms. The molecule has 2 aromatic heterocycles. The lowest BCUT2D eigenvalue weighted by atomic mass is 10.3. The maximum absolute atomic E-state index is 4.15. The van der Waals surface area contributed by atoms with Crippen molar-refractivity contribution in [3.8, 4) is 11.4 Å². The van der Waals surface area contributed by atoms with Gasteiger partial charge in [-0.15, -0.1) is 0 Å². The third kappa shape index (κ3) is 4.40. The van der Waals surface area contributed by atoms with Crippen molar-refractivity contribution in [1.29, 1.82) is 0 Å². The molecule has 3 nitrogen and oxygen atoms in total. The zero-order valence-electron chi connectivity index (χ0n) is 9.86. The van der Waals surface area contributed by atoms with Crippen LogP contribution >= 0.6 is 0 Å². The van der Waals surface area contributed by atoms with Crippen molar-refractivity contribution in [2.24, 2.45) is 0 Å². The summed E-state index contributed by atoms with van der Waals surface area (Å²) >= 11 is 0. The van der Waals surface area contributed by atoms with Gasteiger partial charge in [0.2, 0.25) is 0 Å². The van der Waals surface area contributed by atoms with Crippen LogP contribution in [0.1, 0.15) is 27.7 Å². The highest BCUT2D eigenvalue weighted by molar-refractivity contribution is 5.52. The molecule has 3 heteroatoms. The molecule has 15 heavy (non-hydrogen) atoms. The van der Waals surface area contributed by atoms with E-state index in [4.69, 9.17) is 0 Å². The molecule has 0 saturated heterocycles. The number of hydrogen-bond acceptors (Lipinski definition) is 2. The molecule has 2 rings (SSSR count). The first-order chi connectivity index (χ1) is 7.47. The molecule has 0 spiro atoms. The molecule has 0 fully saturated rings. The van der Waals surface area contributed by atoms with Crippen LogP contribution in [0.4, 0.5) is 0 Å². The summed E-state index contributed by atoms with van der Waals surface area (Å²) in [7, 11) is 0. The summed E-state index contributed by atoms with van der Waals surface area (Å²) in [5.41, 5.74) is 1.87. The van der Waals surface area contributed by atoms with Crippen LogP contribution in [0.2, 0.25) is 0 Å². The Hall–Kier alpha value is -1.64. The van der Waals surface area contributed by atoms with Crippen LogP contribution in [0.25, 0.3) is 11.4 Å². The van der Waals surface area contributed by atoms with E-state index in [0.717, 1.165) is 11.4 Å². The molecule has 0 radical (unpaired) electrons. The van der Waals surface area contributed by atoms with E-state index in [1.165, 1.54) is 0 Å². The maximum atomic E-state index is 4.15. The molecule has 0 aliphatic heterocycles. The maximum Gasteiger partial charge on any atom is 0.0880 e. The normalized spacial score (nSPS) is 8.00. The van der Waals surface area contributed by atoms with Crippen LogP contribution in [0.5, 0.6) is 0 Å². The molecule has 0 aliphatic rings. The van der Waals surface area contributed by atoms with Crippen molar-refractivity contribution < 1.29 is 0 Å². The van der Waals surface area contributed by atoms with Gasteiger partial charge in [0.25, 0.3) is 0 Å². The van der Waals surface area contributed by atoms with Crippen LogP contribution in [-0.4, -0.2) is 15.2 Å². The van der Waals surface area contributed by atoms with E-state index in [0.29, 0.717) is 0 Å². The van der Waals surface area contributed by atoms with E-state index in [2.05, 4.69) is 15.2 Å². The SMILES string of the molecule is CC.CC.c1ccc(-c2ccn[nH]2)nc1. The lowest BCUT2D eigenvalue weighted by Crippen LogP contribution is -1.80. The van der Waals surface area contributed by atoms with Gasteiger partial charge in [0.1, 0.15) is 0 Å². The molecular weight excluding hydrogens is 186 g/mol. The van der Waals surface area contributed by atoms with E-state index in [-0.39, 0.29) is 0 Å². The first kappa shape index (κ1) is 13.4. The summed E-state index contributed by atoms with van der Waals surface area (Å²) in [6.07, 6.45) is 3.47. The van der Waals surface area contributed by atoms with E-state index in [9.17, 15) is 0 Å². The quantitative estimate of drug-likeness (QED) is 0.773. The number of aromatic nitrogens is 3. The minimum atomic E-state index is 0.921. The topological polar surface area (TPSA) is 41.6 Å². The van der Waals surface area contributed by atoms with Crippen LogP contribution in [0.15, 0.2) is 36.7 Å². The Bertz CT molecular complexity index is 314. The molecule has 0 aromatic carbocycles. The molecule has 0 saturated carbocycles. The minimum absolute atomic E-state index is 0.921. The van der Waals surface area contributed by atoms with Crippen molar-refractivity contribution in [1.82, 2.24) is 15.2 Å².